The van der Waals surface area contributed by atoms with Crippen molar-refractivity contribution < 1.29 is 4.89 Å². The van der Waals surface area contributed by atoms with Crippen molar-refractivity contribution in [1.29, 1.82) is 0 Å². The normalized spacial score (nSPS) is 21.0. The van der Waals surface area contributed by atoms with Crippen molar-refractivity contribution in [2.75, 3.05) is 12.6 Å². The number of nitrogens with zero attached hydrogens (tertiary/aromatic N) is 1. The molecule has 0 heterocycles. The number of rotatable bonds is 5. The minimum atomic E-state index is -0.903. The van der Waals surface area contributed by atoms with Crippen LogP contribution in [0.15, 0.2) is 0 Å². The molecule has 0 radical (unpaired) electrons. The van der Waals surface area contributed by atoms with E-state index < -0.39 is 8.15 Å². The molecule has 1 rings (SSSR count). The van der Waals surface area contributed by atoms with Gasteiger partial charge in [-0.2, -0.15) is 0 Å². The van der Waals surface area contributed by atoms with Crippen molar-refractivity contribution in [2.45, 2.75) is 90.0 Å². The molecule has 1 aliphatic rings. The van der Waals surface area contributed by atoms with E-state index in [1.54, 1.807) is 0 Å². The predicted octanol–water partition coefficient (Wildman–Crippen LogP) is 5.20. The fraction of sp³-hybridized carbons (Fsp3) is 1.00. The van der Waals surface area contributed by atoms with Crippen LogP contribution in [0.3, 0.4) is 0 Å². The van der Waals surface area contributed by atoms with Crippen LogP contribution in [0.4, 0.5) is 0 Å². The van der Waals surface area contributed by atoms with E-state index in [-0.39, 0.29) is 5.16 Å². The highest BCUT2D eigenvalue weighted by Gasteiger charge is 2.29. The Kier molecular flexibility index (Phi) is 7.41. The monoisotopic (exact) mass is 319 g/mol. The largest absolute Gasteiger partial charge is 0.372 e. The van der Waals surface area contributed by atoms with Gasteiger partial charge in [-0.3, -0.25) is 4.90 Å². The van der Waals surface area contributed by atoms with Crippen LogP contribution in [-0.4, -0.2) is 38.7 Å². The summed E-state index contributed by atoms with van der Waals surface area (Å²) >= 11 is 0. The molecule has 4 heteroatoms. The third kappa shape index (κ3) is 7.17. The first-order valence-corrected chi connectivity index (χ1v) is 10.7. The zero-order valence-corrected chi connectivity index (χ0v) is 16.3. The van der Waals surface area contributed by atoms with E-state index in [4.69, 9.17) is 0 Å². The van der Waals surface area contributed by atoms with E-state index in [1.165, 1.54) is 38.4 Å². The van der Waals surface area contributed by atoms with Gasteiger partial charge in [-0.25, -0.2) is 0 Å². The zero-order chi connectivity index (χ0) is 15.4. The van der Waals surface area contributed by atoms with E-state index in [1.807, 2.05) is 0 Å². The molecule has 1 saturated carbocycles. The van der Waals surface area contributed by atoms with Crippen molar-refractivity contribution in [3.63, 3.8) is 0 Å². The first-order chi connectivity index (χ1) is 9.09. The maximum atomic E-state index is 10.5. The van der Waals surface area contributed by atoms with Gasteiger partial charge in [-0.15, -0.1) is 8.58 Å². The molecule has 0 aromatic rings. The van der Waals surface area contributed by atoms with Gasteiger partial charge in [-0.1, -0.05) is 60.8 Å². The number of hydrogen-bond acceptors (Lipinski definition) is 2. The second kappa shape index (κ2) is 7.87. The summed E-state index contributed by atoms with van der Waals surface area (Å²) in [5.41, 5.74) is 0. The van der Waals surface area contributed by atoms with E-state index >= 15 is 0 Å². The maximum absolute atomic E-state index is 10.5. The van der Waals surface area contributed by atoms with E-state index in [0.29, 0.717) is 5.16 Å². The Hall–Kier alpha value is 0.780. The van der Waals surface area contributed by atoms with Crippen LogP contribution < -0.4 is 0 Å². The lowest BCUT2D eigenvalue weighted by Gasteiger charge is -2.39. The zero-order valence-electron chi connectivity index (χ0n) is 14.4. The van der Waals surface area contributed by atoms with Crippen LogP contribution in [0.1, 0.15) is 73.6 Å². The van der Waals surface area contributed by atoms with Gasteiger partial charge in [0.05, 0.1) is 0 Å². The van der Waals surface area contributed by atoms with E-state index in [9.17, 15) is 4.89 Å². The molecule has 1 N–H and O–H groups in total. The highest BCUT2D eigenvalue weighted by molar-refractivity contribution is 7.53. The van der Waals surface area contributed by atoms with Crippen LogP contribution in [0.2, 0.25) is 0 Å². The second-order valence-electron chi connectivity index (χ2n) is 8.18. The molecule has 1 fully saturated rings. The quantitative estimate of drug-likeness (QED) is 0.704. The molecular weight excluding hydrogens is 284 g/mol. The minimum Gasteiger partial charge on any atom is -0.372 e. The van der Waals surface area contributed by atoms with Crippen molar-refractivity contribution in [3.8, 4) is 0 Å². The standard InChI is InChI=1S/C16H35NOP2/c1-15(2,3)19-12-17(13-20(18)16(4,5)6)14-10-8-7-9-11-14/h14,18-19H,7-13H2,1-6H3. The van der Waals surface area contributed by atoms with Gasteiger partial charge in [0.2, 0.25) is 0 Å². The third-order valence-electron chi connectivity index (χ3n) is 3.99. The summed E-state index contributed by atoms with van der Waals surface area (Å²) in [4.78, 5) is 13.2. The fourth-order valence-electron chi connectivity index (χ4n) is 2.46. The van der Waals surface area contributed by atoms with Crippen molar-refractivity contribution in [1.82, 2.24) is 4.90 Å². The fourth-order valence-corrected chi connectivity index (χ4v) is 4.80. The average Bonchev–Trinajstić information content (AvgIpc) is 2.33. The van der Waals surface area contributed by atoms with Crippen LogP contribution in [0.5, 0.6) is 0 Å². The summed E-state index contributed by atoms with van der Waals surface area (Å²) in [6.45, 7) is 13.5. The van der Waals surface area contributed by atoms with E-state index in [0.717, 1.165) is 20.9 Å². The molecule has 2 atom stereocenters. The molecule has 0 amide bonds. The summed E-state index contributed by atoms with van der Waals surface area (Å²) in [7, 11) is 0.0516. The Morgan fingerprint density at radius 1 is 1.05 bits per heavy atom. The molecule has 0 aromatic heterocycles. The van der Waals surface area contributed by atoms with Gasteiger partial charge in [0, 0.05) is 31.9 Å². The Balaban J connectivity index is 2.63. The molecule has 0 saturated heterocycles. The lowest BCUT2D eigenvalue weighted by Crippen LogP contribution is -2.38. The van der Waals surface area contributed by atoms with Gasteiger partial charge in [0.25, 0.3) is 0 Å². The van der Waals surface area contributed by atoms with Gasteiger partial charge in [0.1, 0.15) is 0 Å². The smallest absolute Gasteiger partial charge is 0.0450 e. The second-order valence-corrected chi connectivity index (χ2v) is 12.8. The topological polar surface area (TPSA) is 23.5 Å². The van der Waals surface area contributed by atoms with Gasteiger partial charge < -0.3 is 4.89 Å². The van der Waals surface area contributed by atoms with Crippen LogP contribution in [0, 0.1) is 0 Å². The maximum Gasteiger partial charge on any atom is 0.0450 e. The van der Waals surface area contributed by atoms with Crippen molar-refractivity contribution in [2.24, 2.45) is 0 Å². The summed E-state index contributed by atoms with van der Waals surface area (Å²) in [5, 5.41) is 0.458. The highest BCUT2D eigenvalue weighted by Crippen LogP contribution is 2.47. The molecule has 0 spiro atoms. The lowest BCUT2D eigenvalue weighted by atomic mass is 9.95. The average molecular weight is 319 g/mol. The first kappa shape index (κ1) is 18.8. The van der Waals surface area contributed by atoms with Crippen LogP contribution >= 0.6 is 16.7 Å². The molecule has 2 nitrogen and oxygen atoms in total. The Labute approximate surface area is 129 Å². The SMILES string of the molecule is CC(C)(C)PCN(CP(O)C(C)(C)C)C1CCCCC1. The summed E-state index contributed by atoms with van der Waals surface area (Å²) in [6.07, 6.45) is 8.90. The van der Waals surface area contributed by atoms with Crippen LogP contribution in [0.25, 0.3) is 0 Å². The minimum absolute atomic E-state index is 0.0487. The van der Waals surface area contributed by atoms with Gasteiger partial charge >= 0.3 is 0 Å². The molecule has 0 bridgehead atoms. The van der Waals surface area contributed by atoms with Crippen molar-refractivity contribution in [3.05, 3.63) is 0 Å². The third-order valence-corrected chi connectivity index (χ3v) is 7.80. The molecule has 0 aliphatic heterocycles. The summed E-state index contributed by atoms with van der Waals surface area (Å²) in [5.74, 6) is 0. The van der Waals surface area contributed by atoms with E-state index in [2.05, 4.69) is 46.4 Å². The highest BCUT2D eigenvalue weighted by atomic mass is 31.1. The van der Waals surface area contributed by atoms with Crippen molar-refractivity contribution >= 4 is 16.7 Å². The molecular formula is C16H35NOP2. The molecule has 120 valence electrons. The molecule has 20 heavy (non-hydrogen) atoms. The lowest BCUT2D eigenvalue weighted by molar-refractivity contribution is 0.205. The predicted molar refractivity (Wildman–Crippen MR) is 95.4 cm³/mol. The summed E-state index contributed by atoms with van der Waals surface area (Å²) in [6, 6.07) is 0.720. The van der Waals surface area contributed by atoms with Crippen LogP contribution in [-0.2, 0) is 0 Å². The van der Waals surface area contributed by atoms with Gasteiger partial charge in [0.15, 0.2) is 0 Å². The Bertz CT molecular complexity index is 277. The Morgan fingerprint density at radius 2 is 1.60 bits per heavy atom. The molecule has 2 unspecified atom stereocenters. The first-order valence-electron chi connectivity index (χ1n) is 8.05. The Morgan fingerprint density at radius 3 is 2.05 bits per heavy atom. The number of hydrogen-bond donors (Lipinski definition) is 1. The summed E-state index contributed by atoms with van der Waals surface area (Å²) < 4.78 is 0. The van der Waals surface area contributed by atoms with Gasteiger partial charge in [-0.05, 0) is 18.0 Å². The molecule has 0 aromatic carbocycles. The molecule has 1 aliphatic carbocycles.